The molecule has 0 bridgehead atoms. The molecular formula is C15H26N2O2S. The van der Waals surface area contributed by atoms with E-state index in [-0.39, 0.29) is 29.9 Å². The van der Waals surface area contributed by atoms with Crippen LogP contribution in [0.25, 0.3) is 0 Å². The summed E-state index contributed by atoms with van der Waals surface area (Å²) < 4.78 is 0. The molecule has 114 valence electrons. The molecule has 4 nitrogen and oxygen atoms in total. The molecule has 2 atom stereocenters. The Morgan fingerprint density at radius 1 is 1.30 bits per heavy atom. The quantitative estimate of drug-likeness (QED) is 0.764. The van der Waals surface area contributed by atoms with Crippen LogP contribution in [0.15, 0.2) is 0 Å². The van der Waals surface area contributed by atoms with E-state index in [4.69, 9.17) is 0 Å². The van der Waals surface area contributed by atoms with Gasteiger partial charge in [-0.15, -0.1) is 0 Å². The van der Waals surface area contributed by atoms with Crippen LogP contribution in [-0.2, 0) is 9.59 Å². The van der Waals surface area contributed by atoms with Crippen LogP contribution in [0.3, 0.4) is 0 Å². The number of carbonyl (C=O) groups excluding carboxylic acids is 2. The Hall–Kier alpha value is -0.550. The molecule has 2 unspecified atom stereocenters. The number of likely N-dealkylation sites (tertiary alicyclic amines) is 1. The Balaban J connectivity index is 1.90. The van der Waals surface area contributed by atoms with Gasteiger partial charge in [0.15, 0.2) is 0 Å². The maximum Gasteiger partial charge on any atom is 0.247 e. The highest BCUT2D eigenvalue weighted by molar-refractivity contribution is 7.99. The highest BCUT2D eigenvalue weighted by Gasteiger charge is 2.42. The number of hydrogen-bond acceptors (Lipinski definition) is 4. The van der Waals surface area contributed by atoms with Crippen LogP contribution < -0.4 is 5.32 Å². The molecule has 0 aromatic heterocycles. The van der Waals surface area contributed by atoms with Crippen molar-refractivity contribution >= 4 is 23.6 Å². The van der Waals surface area contributed by atoms with Gasteiger partial charge in [0.1, 0.15) is 0 Å². The molecule has 2 fully saturated rings. The molecule has 1 aliphatic carbocycles. The van der Waals surface area contributed by atoms with Crippen LogP contribution in [0, 0.1) is 0 Å². The molecular weight excluding hydrogens is 272 g/mol. The normalized spacial score (nSPS) is 26.3. The van der Waals surface area contributed by atoms with E-state index >= 15 is 0 Å². The van der Waals surface area contributed by atoms with Crippen molar-refractivity contribution in [2.75, 3.05) is 11.5 Å². The summed E-state index contributed by atoms with van der Waals surface area (Å²) in [6.07, 6.45) is 5.85. The van der Waals surface area contributed by atoms with Gasteiger partial charge in [0.2, 0.25) is 11.8 Å². The number of amides is 2. The molecule has 0 aromatic rings. The Labute approximate surface area is 126 Å². The molecule has 0 spiro atoms. The maximum absolute atomic E-state index is 12.5. The lowest BCUT2D eigenvalue weighted by atomic mass is 9.94. The predicted octanol–water partition coefficient (Wildman–Crippen LogP) is 2.18. The number of rotatable bonds is 6. The standard InChI is InChI=1S/C15H26N2O2S/c1-3-20-10-11(2)16-13-9-14(18)17(15(13)19)12-7-5-4-6-8-12/h11-13,16H,3-10H2,1-2H3. The minimum atomic E-state index is -0.295. The van der Waals surface area contributed by atoms with Crippen LogP contribution in [0.4, 0.5) is 0 Å². The van der Waals surface area contributed by atoms with E-state index in [2.05, 4.69) is 19.2 Å². The second-order valence-corrected chi connectivity index (χ2v) is 7.20. The van der Waals surface area contributed by atoms with Crippen LogP contribution in [0.1, 0.15) is 52.4 Å². The van der Waals surface area contributed by atoms with Crippen molar-refractivity contribution in [2.24, 2.45) is 0 Å². The van der Waals surface area contributed by atoms with E-state index in [9.17, 15) is 9.59 Å². The lowest BCUT2D eigenvalue weighted by Gasteiger charge is -2.30. The minimum absolute atomic E-state index is 0.00949. The summed E-state index contributed by atoms with van der Waals surface area (Å²) in [5, 5.41) is 3.33. The van der Waals surface area contributed by atoms with Crippen molar-refractivity contribution in [3.63, 3.8) is 0 Å². The molecule has 0 radical (unpaired) electrons. The SMILES string of the molecule is CCSCC(C)NC1CC(=O)N(C2CCCCC2)C1=O. The second-order valence-electron chi connectivity index (χ2n) is 5.88. The van der Waals surface area contributed by atoms with E-state index in [0.29, 0.717) is 6.42 Å². The van der Waals surface area contributed by atoms with Crippen LogP contribution in [0.2, 0.25) is 0 Å². The fraction of sp³-hybridized carbons (Fsp3) is 0.867. The fourth-order valence-electron chi connectivity index (χ4n) is 3.19. The van der Waals surface area contributed by atoms with Crippen LogP contribution in [-0.4, -0.2) is 46.3 Å². The predicted molar refractivity (Wildman–Crippen MR) is 82.7 cm³/mol. The van der Waals surface area contributed by atoms with Crippen molar-refractivity contribution in [3.05, 3.63) is 0 Å². The molecule has 0 aromatic carbocycles. The molecule has 2 rings (SSSR count). The summed E-state index contributed by atoms with van der Waals surface area (Å²) >= 11 is 1.86. The van der Waals surface area contributed by atoms with Gasteiger partial charge in [0.05, 0.1) is 12.5 Å². The first kappa shape index (κ1) is 15.8. The monoisotopic (exact) mass is 298 g/mol. The summed E-state index contributed by atoms with van der Waals surface area (Å²) in [6, 6.07) is 0.140. The van der Waals surface area contributed by atoms with Gasteiger partial charge in [-0.1, -0.05) is 26.2 Å². The Morgan fingerprint density at radius 2 is 2.00 bits per heavy atom. The van der Waals surface area contributed by atoms with Crippen LogP contribution in [0.5, 0.6) is 0 Å². The molecule has 2 amide bonds. The summed E-state index contributed by atoms with van der Waals surface area (Å²) in [7, 11) is 0. The van der Waals surface area contributed by atoms with Crippen molar-refractivity contribution in [3.8, 4) is 0 Å². The Kier molecular flexibility index (Phi) is 5.90. The van der Waals surface area contributed by atoms with Gasteiger partial charge in [-0.3, -0.25) is 14.5 Å². The van der Waals surface area contributed by atoms with E-state index in [0.717, 1.165) is 37.2 Å². The molecule has 1 saturated heterocycles. The smallest absolute Gasteiger partial charge is 0.247 e. The average molecular weight is 298 g/mol. The molecule has 1 aliphatic heterocycles. The van der Waals surface area contributed by atoms with Gasteiger partial charge < -0.3 is 5.32 Å². The zero-order valence-corrected chi connectivity index (χ0v) is 13.4. The van der Waals surface area contributed by atoms with Gasteiger partial charge in [-0.25, -0.2) is 0 Å². The lowest BCUT2D eigenvalue weighted by molar-refractivity contribution is -0.142. The minimum Gasteiger partial charge on any atom is -0.302 e. The maximum atomic E-state index is 12.5. The first-order chi connectivity index (χ1) is 9.63. The topological polar surface area (TPSA) is 49.4 Å². The summed E-state index contributed by atoms with van der Waals surface area (Å²) in [4.78, 5) is 26.2. The Bertz CT molecular complexity index is 356. The molecule has 5 heteroatoms. The molecule has 1 N–H and O–H groups in total. The van der Waals surface area contributed by atoms with Gasteiger partial charge in [-0.2, -0.15) is 11.8 Å². The van der Waals surface area contributed by atoms with Gasteiger partial charge in [0.25, 0.3) is 0 Å². The third kappa shape index (κ3) is 3.76. The van der Waals surface area contributed by atoms with Gasteiger partial charge in [0, 0.05) is 17.8 Å². The lowest BCUT2D eigenvalue weighted by Crippen LogP contribution is -2.47. The van der Waals surface area contributed by atoms with E-state index in [1.165, 1.54) is 6.42 Å². The summed E-state index contributed by atoms with van der Waals surface area (Å²) in [5.41, 5.74) is 0. The third-order valence-electron chi connectivity index (χ3n) is 4.18. The number of carbonyl (C=O) groups is 2. The first-order valence-corrected chi connectivity index (χ1v) is 8.98. The third-order valence-corrected chi connectivity index (χ3v) is 5.32. The fourth-order valence-corrected chi connectivity index (χ4v) is 3.88. The number of nitrogens with zero attached hydrogens (tertiary/aromatic N) is 1. The highest BCUT2D eigenvalue weighted by Crippen LogP contribution is 2.27. The van der Waals surface area contributed by atoms with Crippen molar-refractivity contribution in [1.82, 2.24) is 10.2 Å². The first-order valence-electron chi connectivity index (χ1n) is 7.83. The molecule has 1 saturated carbocycles. The summed E-state index contributed by atoms with van der Waals surface area (Å²) in [5.74, 6) is 2.10. The summed E-state index contributed by atoms with van der Waals surface area (Å²) in [6.45, 7) is 4.22. The van der Waals surface area contributed by atoms with Gasteiger partial charge >= 0.3 is 0 Å². The number of thioether (sulfide) groups is 1. The van der Waals surface area contributed by atoms with Crippen LogP contribution >= 0.6 is 11.8 Å². The zero-order chi connectivity index (χ0) is 14.5. The van der Waals surface area contributed by atoms with Crippen molar-refractivity contribution in [1.29, 1.82) is 0 Å². The number of hydrogen-bond donors (Lipinski definition) is 1. The number of nitrogens with one attached hydrogen (secondary N) is 1. The van der Waals surface area contributed by atoms with Crippen molar-refractivity contribution in [2.45, 2.75) is 70.5 Å². The Morgan fingerprint density at radius 3 is 2.65 bits per heavy atom. The zero-order valence-electron chi connectivity index (χ0n) is 12.6. The van der Waals surface area contributed by atoms with Gasteiger partial charge in [-0.05, 0) is 25.5 Å². The molecule has 20 heavy (non-hydrogen) atoms. The average Bonchev–Trinajstić information content (AvgIpc) is 2.72. The highest BCUT2D eigenvalue weighted by atomic mass is 32.2. The number of imide groups is 1. The molecule has 2 aliphatic rings. The van der Waals surface area contributed by atoms with E-state index in [1.807, 2.05) is 11.8 Å². The van der Waals surface area contributed by atoms with Crippen molar-refractivity contribution < 1.29 is 9.59 Å². The largest absolute Gasteiger partial charge is 0.302 e. The molecule has 1 heterocycles. The van der Waals surface area contributed by atoms with E-state index < -0.39 is 0 Å². The second kappa shape index (κ2) is 7.46. The van der Waals surface area contributed by atoms with E-state index in [1.54, 1.807) is 4.90 Å².